The van der Waals surface area contributed by atoms with Crippen LogP contribution in [0.25, 0.3) is 10.8 Å². The normalized spacial score (nSPS) is 19.5. The van der Waals surface area contributed by atoms with E-state index in [1.54, 1.807) is 36.7 Å². The molecule has 4 aromatic rings. The van der Waals surface area contributed by atoms with Crippen molar-refractivity contribution >= 4 is 38.3 Å². The van der Waals surface area contributed by atoms with Crippen LogP contribution in [0.2, 0.25) is 0 Å². The van der Waals surface area contributed by atoms with Gasteiger partial charge in [0.2, 0.25) is 11.9 Å². The molecule has 2 aromatic heterocycles. The summed E-state index contributed by atoms with van der Waals surface area (Å²) < 4.78 is 28.3. The van der Waals surface area contributed by atoms with Gasteiger partial charge in [0, 0.05) is 41.8 Å². The molecule has 1 amide bonds. The Labute approximate surface area is 227 Å². The molecule has 6 rings (SSSR count). The van der Waals surface area contributed by atoms with Gasteiger partial charge >= 0.3 is 0 Å². The van der Waals surface area contributed by atoms with Gasteiger partial charge in [0.1, 0.15) is 0 Å². The Kier molecular flexibility index (Phi) is 6.74. The monoisotopic (exact) mass is 542 g/mol. The molecule has 2 aromatic carbocycles. The molecule has 0 unspecified atom stereocenters. The van der Waals surface area contributed by atoms with Crippen LogP contribution in [-0.2, 0) is 14.8 Å². The van der Waals surface area contributed by atoms with Crippen molar-refractivity contribution < 1.29 is 13.2 Å². The summed E-state index contributed by atoms with van der Waals surface area (Å²) in [5.74, 6) is 0.330. The van der Waals surface area contributed by atoms with E-state index in [4.69, 9.17) is 0 Å². The lowest BCUT2D eigenvalue weighted by Gasteiger charge is -2.22. The Morgan fingerprint density at radius 2 is 1.69 bits per heavy atom. The number of hydrogen-bond donors (Lipinski definition) is 3. The van der Waals surface area contributed by atoms with Crippen molar-refractivity contribution in [1.29, 1.82) is 0 Å². The van der Waals surface area contributed by atoms with E-state index in [0.29, 0.717) is 5.92 Å². The van der Waals surface area contributed by atoms with Crippen molar-refractivity contribution in [2.24, 2.45) is 5.92 Å². The van der Waals surface area contributed by atoms with Crippen molar-refractivity contribution in [3.63, 3.8) is 0 Å². The predicted molar refractivity (Wildman–Crippen MR) is 150 cm³/mol. The van der Waals surface area contributed by atoms with Crippen LogP contribution in [0.15, 0.2) is 72.1 Å². The highest BCUT2D eigenvalue weighted by Gasteiger charge is 2.44. The van der Waals surface area contributed by atoms with E-state index in [2.05, 4.69) is 30.3 Å². The van der Waals surface area contributed by atoms with Crippen LogP contribution < -0.4 is 15.4 Å². The maximum absolute atomic E-state index is 12.9. The number of anilines is 2. The summed E-state index contributed by atoms with van der Waals surface area (Å²) in [5.41, 5.74) is 3.78. The number of benzene rings is 2. The van der Waals surface area contributed by atoms with Crippen LogP contribution >= 0.6 is 0 Å². The summed E-state index contributed by atoms with van der Waals surface area (Å²) in [6, 6.07) is 12.5. The Hall–Kier alpha value is -3.89. The van der Waals surface area contributed by atoms with Gasteiger partial charge in [-0.3, -0.25) is 9.78 Å². The smallest absolute Gasteiger partial charge is 0.264 e. The highest BCUT2D eigenvalue weighted by molar-refractivity contribution is 7.92. The van der Waals surface area contributed by atoms with Gasteiger partial charge in [-0.05, 0) is 97.5 Å². The summed E-state index contributed by atoms with van der Waals surface area (Å²) in [7, 11) is -3.83. The summed E-state index contributed by atoms with van der Waals surface area (Å²) in [5, 5.41) is 8.45. The second-order valence-electron chi connectivity index (χ2n) is 10.4. The number of hydrogen-bond acceptors (Lipinski definition) is 7. The van der Waals surface area contributed by atoms with Crippen molar-refractivity contribution in [3.8, 4) is 0 Å². The van der Waals surface area contributed by atoms with Crippen LogP contribution in [0.5, 0.6) is 0 Å². The number of piperidine rings is 1. The van der Waals surface area contributed by atoms with Gasteiger partial charge in [-0.1, -0.05) is 18.2 Å². The quantitative estimate of drug-likeness (QED) is 0.317. The van der Waals surface area contributed by atoms with Crippen molar-refractivity contribution in [2.75, 3.05) is 23.1 Å². The minimum absolute atomic E-state index is 0.0329. The lowest BCUT2D eigenvalue weighted by molar-refractivity contribution is -0.117. The van der Waals surface area contributed by atoms with E-state index in [1.165, 1.54) is 0 Å². The first-order chi connectivity index (χ1) is 18.9. The van der Waals surface area contributed by atoms with Gasteiger partial charge < -0.3 is 10.6 Å². The molecule has 1 aliphatic carbocycles. The number of rotatable bonds is 7. The van der Waals surface area contributed by atoms with Crippen molar-refractivity contribution in [2.45, 2.75) is 42.9 Å². The van der Waals surface area contributed by atoms with E-state index >= 15 is 0 Å². The first-order valence-corrected chi connectivity index (χ1v) is 14.7. The molecule has 2 fully saturated rings. The van der Waals surface area contributed by atoms with Gasteiger partial charge in [0.25, 0.3) is 10.0 Å². The van der Waals surface area contributed by atoms with Crippen LogP contribution in [0.4, 0.5) is 11.6 Å². The second kappa shape index (κ2) is 10.3. The molecule has 9 nitrogen and oxygen atoms in total. The lowest BCUT2D eigenvalue weighted by Crippen LogP contribution is -2.26. The van der Waals surface area contributed by atoms with Crippen molar-refractivity contribution in [1.82, 2.24) is 20.3 Å². The Bertz CT molecular complexity index is 1620. The molecule has 1 aliphatic heterocycles. The molecular weight excluding hydrogens is 512 g/mol. The number of carbonyl (C=O) groups is 1. The van der Waals surface area contributed by atoms with E-state index in [0.717, 1.165) is 65.5 Å². The molecule has 200 valence electrons. The number of aryl methyl sites for hydroxylation is 1. The fourth-order valence-corrected chi connectivity index (χ4v) is 6.26. The summed E-state index contributed by atoms with van der Waals surface area (Å²) in [6.45, 7) is 3.92. The van der Waals surface area contributed by atoms with Crippen LogP contribution in [0.1, 0.15) is 47.8 Å². The van der Waals surface area contributed by atoms with Gasteiger partial charge in [-0.25, -0.2) is 23.1 Å². The highest BCUT2D eigenvalue weighted by atomic mass is 32.2. The number of amides is 1. The van der Waals surface area contributed by atoms with Gasteiger partial charge in [0.15, 0.2) is 0 Å². The standard InChI is InChI=1S/C29H30N6O3S/c1-18-14-31-15-21-2-5-23(12-25(18)21)34-28(36)27-13-26(27)20-3-6-24(7-4-20)39(37,38)35-29-32-16-22(17-33-29)19-8-10-30-11-9-19/h2-7,12,14-17,19,26-27,30H,8-11,13H2,1H3,(H,34,36)(H,32,33,35)/t26-,27+/m0/s1. The highest BCUT2D eigenvalue weighted by Crippen LogP contribution is 2.48. The maximum Gasteiger partial charge on any atom is 0.264 e. The van der Waals surface area contributed by atoms with Gasteiger partial charge in [-0.15, -0.1) is 0 Å². The molecular formula is C29H30N6O3S. The zero-order chi connectivity index (χ0) is 27.0. The van der Waals surface area contributed by atoms with Crippen LogP contribution in [-0.4, -0.2) is 42.4 Å². The number of carbonyl (C=O) groups excluding carboxylic acids is 1. The number of nitrogens with one attached hydrogen (secondary N) is 3. The third kappa shape index (κ3) is 5.48. The van der Waals surface area contributed by atoms with Gasteiger partial charge in [-0.2, -0.15) is 0 Å². The van der Waals surface area contributed by atoms with E-state index in [9.17, 15) is 13.2 Å². The summed E-state index contributed by atoms with van der Waals surface area (Å²) in [4.78, 5) is 25.7. The molecule has 0 radical (unpaired) electrons. The molecule has 2 atom stereocenters. The Morgan fingerprint density at radius 1 is 0.949 bits per heavy atom. The van der Waals surface area contributed by atoms with E-state index < -0.39 is 10.0 Å². The Morgan fingerprint density at radius 3 is 2.44 bits per heavy atom. The third-order valence-electron chi connectivity index (χ3n) is 7.68. The topological polar surface area (TPSA) is 126 Å². The minimum atomic E-state index is -3.83. The number of pyridine rings is 1. The van der Waals surface area contributed by atoms with Crippen LogP contribution in [0, 0.1) is 12.8 Å². The maximum atomic E-state index is 12.9. The molecule has 0 spiro atoms. The van der Waals surface area contributed by atoms with E-state index in [-0.39, 0.29) is 28.6 Å². The van der Waals surface area contributed by atoms with Crippen LogP contribution in [0.3, 0.4) is 0 Å². The molecule has 1 saturated heterocycles. The summed E-state index contributed by atoms with van der Waals surface area (Å²) in [6.07, 6.45) is 9.80. The number of fused-ring (bicyclic) bond motifs is 1. The SMILES string of the molecule is Cc1cncc2ccc(NC(=O)[C@@H]3C[C@H]3c3ccc(S(=O)(=O)Nc4ncc(C5CCNCC5)cn4)cc3)cc12. The second-order valence-corrected chi connectivity index (χ2v) is 12.1. The number of aromatic nitrogens is 3. The molecule has 10 heteroatoms. The molecule has 2 aliphatic rings. The van der Waals surface area contributed by atoms with Gasteiger partial charge in [0.05, 0.1) is 4.90 Å². The molecule has 3 N–H and O–H groups in total. The molecule has 0 bridgehead atoms. The van der Waals surface area contributed by atoms with E-state index in [1.807, 2.05) is 37.5 Å². The average molecular weight is 543 g/mol. The number of sulfonamides is 1. The largest absolute Gasteiger partial charge is 0.326 e. The first-order valence-electron chi connectivity index (χ1n) is 13.2. The third-order valence-corrected chi connectivity index (χ3v) is 9.03. The first kappa shape index (κ1) is 25.4. The lowest BCUT2D eigenvalue weighted by atomic mass is 9.92. The predicted octanol–water partition coefficient (Wildman–Crippen LogP) is 4.34. The molecule has 39 heavy (non-hydrogen) atoms. The average Bonchev–Trinajstić information content (AvgIpc) is 3.76. The zero-order valence-electron chi connectivity index (χ0n) is 21.6. The Balaban J connectivity index is 1.07. The van der Waals surface area contributed by atoms with Crippen molar-refractivity contribution in [3.05, 3.63) is 83.9 Å². The molecule has 1 saturated carbocycles. The fraction of sp³-hybridized carbons (Fsp3) is 0.310. The summed E-state index contributed by atoms with van der Waals surface area (Å²) >= 11 is 0. The minimum Gasteiger partial charge on any atom is -0.326 e. The number of nitrogens with zero attached hydrogens (tertiary/aromatic N) is 3. The zero-order valence-corrected chi connectivity index (χ0v) is 22.4. The molecule has 3 heterocycles. The fourth-order valence-electron chi connectivity index (χ4n) is 5.31.